The molecule has 0 bridgehead atoms. The van der Waals surface area contributed by atoms with Crippen molar-refractivity contribution in [2.75, 3.05) is 25.5 Å². The van der Waals surface area contributed by atoms with Crippen LogP contribution in [0.4, 0.5) is 5.69 Å². The Bertz CT molecular complexity index is 460. The molecule has 0 spiro atoms. The van der Waals surface area contributed by atoms with E-state index in [4.69, 9.17) is 0 Å². The van der Waals surface area contributed by atoms with Crippen molar-refractivity contribution >= 4 is 11.6 Å². The van der Waals surface area contributed by atoms with Crippen LogP contribution in [0, 0.1) is 0 Å². The quantitative estimate of drug-likeness (QED) is 0.848. The summed E-state index contributed by atoms with van der Waals surface area (Å²) in [6.07, 6.45) is 5.44. The third-order valence-corrected chi connectivity index (χ3v) is 3.67. The first-order valence-electron chi connectivity index (χ1n) is 6.67. The number of nitrogens with zero attached hydrogens (tertiary/aromatic N) is 2. The maximum atomic E-state index is 12.5. The molecule has 5 heteroatoms. The van der Waals surface area contributed by atoms with Gasteiger partial charge in [-0.2, -0.15) is 0 Å². The molecule has 2 N–H and O–H groups in total. The molecule has 1 aromatic rings. The molecule has 2 rings (SSSR count). The highest BCUT2D eigenvalue weighted by Gasteiger charge is 2.28. The Balaban J connectivity index is 2.15. The number of aliphatic hydroxyl groups is 1. The number of carbonyl (C=O) groups is 1. The molecule has 1 unspecified atom stereocenters. The third kappa shape index (κ3) is 3.23. The second-order valence-electron chi connectivity index (χ2n) is 5.31. The SMILES string of the molecule is CNc1ccncc1C(=O)N1CCCC(C)(O)CC1. The van der Waals surface area contributed by atoms with Crippen LogP contribution >= 0.6 is 0 Å². The van der Waals surface area contributed by atoms with Gasteiger partial charge in [0.15, 0.2) is 0 Å². The summed E-state index contributed by atoms with van der Waals surface area (Å²) in [5, 5.41) is 13.1. The van der Waals surface area contributed by atoms with Crippen LogP contribution in [0.1, 0.15) is 36.5 Å². The Kier molecular flexibility index (Phi) is 4.04. The van der Waals surface area contributed by atoms with Crippen LogP contribution in [0.15, 0.2) is 18.5 Å². The first-order chi connectivity index (χ1) is 9.03. The number of pyridine rings is 1. The van der Waals surface area contributed by atoms with Gasteiger partial charge in [0.1, 0.15) is 0 Å². The number of carbonyl (C=O) groups excluding carboxylic acids is 1. The molecule has 1 atom stereocenters. The van der Waals surface area contributed by atoms with E-state index >= 15 is 0 Å². The van der Waals surface area contributed by atoms with Crippen molar-refractivity contribution in [3.63, 3.8) is 0 Å². The van der Waals surface area contributed by atoms with E-state index in [1.54, 1.807) is 30.4 Å². The first kappa shape index (κ1) is 13.8. The van der Waals surface area contributed by atoms with Crippen molar-refractivity contribution in [3.8, 4) is 0 Å². The average molecular weight is 263 g/mol. The fourth-order valence-corrected chi connectivity index (χ4v) is 2.42. The van der Waals surface area contributed by atoms with Gasteiger partial charge in [-0.25, -0.2) is 0 Å². The molecule has 19 heavy (non-hydrogen) atoms. The highest BCUT2D eigenvalue weighted by molar-refractivity contribution is 5.99. The lowest BCUT2D eigenvalue weighted by molar-refractivity contribution is 0.0438. The number of aromatic nitrogens is 1. The highest BCUT2D eigenvalue weighted by atomic mass is 16.3. The average Bonchev–Trinajstić information content (AvgIpc) is 2.59. The number of nitrogens with one attached hydrogen (secondary N) is 1. The van der Waals surface area contributed by atoms with Crippen LogP contribution in [0.25, 0.3) is 0 Å². The third-order valence-electron chi connectivity index (χ3n) is 3.67. The molecule has 1 amide bonds. The van der Waals surface area contributed by atoms with Gasteiger partial charge in [-0.15, -0.1) is 0 Å². The van der Waals surface area contributed by atoms with Crippen molar-refractivity contribution in [2.24, 2.45) is 0 Å². The van der Waals surface area contributed by atoms with E-state index in [0.29, 0.717) is 25.1 Å². The second kappa shape index (κ2) is 5.57. The van der Waals surface area contributed by atoms with E-state index in [0.717, 1.165) is 18.5 Å². The van der Waals surface area contributed by atoms with E-state index in [9.17, 15) is 9.90 Å². The first-order valence-corrected chi connectivity index (χ1v) is 6.67. The zero-order valence-electron chi connectivity index (χ0n) is 11.5. The maximum Gasteiger partial charge on any atom is 0.257 e. The molecule has 0 aromatic carbocycles. The molecule has 2 heterocycles. The van der Waals surface area contributed by atoms with Gasteiger partial charge in [0.25, 0.3) is 5.91 Å². The van der Waals surface area contributed by atoms with E-state index < -0.39 is 5.60 Å². The van der Waals surface area contributed by atoms with Crippen LogP contribution in [0.5, 0.6) is 0 Å². The number of likely N-dealkylation sites (tertiary alicyclic amines) is 1. The number of anilines is 1. The van der Waals surface area contributed by atoms with Gasteiger partial charge in [0.05, 0.1) is 11.2 Å². The van der Waals surface area contributed by atoms with Gasteiger partial charge in [-0.1, -0.05) is 0 Å². The van der Waals surface area contributed by atoms with Crippen molar-refractivity contribution in [1.82, 2.24) is 9.88 Å². The highest BCUT2D eigenvalue weighted by Crippen LogP contribution is 2.23. The normalized spacial score (nSPS) is 23.8. The van der Waals surface area contributed by atoms with Gasteiger partial charge in [0, 0.05) is 38.2 Å². The maximum absolute atomic E-state index is 12.5. The molecular formula is C14H21N3O2. The molecule has 104 valence electrons. The molecule has 5 nitrogen and oxygen atoms in total. The van der Waals surface area contributed by atoms with Crippen LogP contribution in [-0.2, 0) is 0 Å². The molecule has 1 aliphatic rings. The lowest BCUT2D eigenvalue weighted by Crippen LogP contribution is -2.34. The second-order valence-corrected chi connectivity index (χ2v) is 5.31. The molecule has 1 saturated heterocycles. The monoisotopic (exact) mass is 263 g/mol. The van der Waals surface area contributed by atoms with Crippen molar-refractivity contribution < 1.29 is 9.90 Å². The predicted molar refractivity (Wildman–Crippen MR) is 74.2 cm³/mol. The number of hydrogen-bond acceptors (Lipinski definition) is 4. The molecule has 0 saturated carbocycles. The Morgan fingerprint density at radius 2 is 2.26 bits per heavy atom. The summed E-state index contributed by atoms with van der Waals surface area (Å²) in [7, 11) is 1.79. The van der Waals surface area contributed by atoms with Crippen molar-refractivity contribution in [1.29, 1.82) is 0 Å². The topological polar surface area (TPSA) is 65.5 Å². The zero-order chi connectivity index (χ0) is 13.9. The fourth-order valence-electron chi connectivity index (χ4n) is 2.42. The summed E-state index contributed by atoms with van der Waals surface area (Å²) in [6.45, 7) is 3.11. The molecule has 1 aromatic heterocycles. The van der Waals surface area contributed by atoms with Gasteiger partial charge in [-0.05, 0) is 32.3 Å². The minimum absolute atomic E-state index is 0.0184. The fraction of sp³-hybridized carbons (Fsp3) is 0.571. The molecule has 0 aliphatic carbocycles. The van der Waals surface area contributed by atoms with Crippen molar-refractivity contribution in [2.45, 2.75) is 31.8 Å². The van der Waals surface area contributed by atoms with E-state index in [1.807, 2.05) is 6.92 Å². The molecule has 1 fully saturated rings. The minimum Gasteiger partial charge on any atom is -0.390 e. The van der Waals surface area contributed by atoms with Crippen LogP contribution in [-0.4, -0.2) is 46.6 Å². The van der Waals surface area contributed by atoms with Gasteiger partial charge >= 0.3 is 0 Å². The number of hydrogen-bond donors (Lipinski definition) is 2. The van der Waals surface area contributed by atoms with E-state index in [1.165, 1.54) is 0 Å². The number of amides is 1. The molecule has 0 radical (unpaired) electrons. The van der Waals surface area contributed by atoms with Crippen LogP contribution < -0.4 is 5.32 Å². The van der Waals surface area contributed by atoms with Gasteiger partial charge in [0.2, 0.25) is 0 Å². The van der Waals surface area contributed by atoms with Gasteiger partial charge in [-0.3, -0.25) is 9.78 Å². The summed E-state index contributed by atoms with van der Waals surface area (Å²) in [5.74, 6) is -0.0184. The standard InChI is InChI=1S/C14H21N3O2/c1-14(19)5-3-8-17(9-6-14)13(18)11-10-16-7-4-12(11)15-2/h4,7,10,19H,3,5-6,8-9H2,1-2H3,(H,15,16). The largest absolute Gasteiger partial charge is 0.390 e. The summed E-state index contributed by atoms with van der Waals surface area (Å²) in [4.78, 5) is 18.3. The van der Waals surface area contributed by atoms with Gasteiger partial charge < -0.3 is 15.3 Å². The summed E-state index contributed by atoms with van der Waals surface area (Å²) in [5.41, 5.74) is 0.720. The Morgan fingerprint density at radius 3 is 3.00 bits per heavy atom. The van der Waals surface area contributed by atoms with E-state index in [2.05, 4.69) is 10.3 Å². The zero-order valence-corrected chi connectivity index (χ0v) is 11.5. The number of rotatable bonds is 2. The Morgan fingerprint density at radius 1 is 1.47 bits per heavy atom. The minimum atomic E-state index is -0.657. The summed E-state index contributed by atoms with van der Waals surface area (Å²) in [6, 6.07) is 1.79. The van der Waals surface area contributed by atoms with Crippen LogP contribution in [0.3, 0.4) is 0 Å². The lowest BCUT2D eigenvalue weighted by Gasteiger charge is -2.23. The van der Waals surface area contributed by atoms with Crippen LogP contribution in [0.2, 0.25) is 0 Å². The lowest BCUT2D eigenvalue weighted by atomic mass is 9.98. The summed E-state index contributed by atoms with van der Waals surface area (Å²) >= 11 is 0. The Labute approximate surface area is 113 Å². The predicted octanol–water partition coefficient (Wildman–Crippen LogP) is 1.50. The van der Waals surface area contributed by atoms with Crippen molar-refractivity contribution in [3.05, 3.63) is 24.0 Å². The van der Waals surface area contributed by atoms with E-state index in [-0.39, 0.29) is 5.91 Å². The summed E-state index contributed by atoms with van der Waals surface area (Å²) < 4.78 is 0. The molecular weight excluding hydrogens is 242 g/mol. The Hall–Kier alpha value is -1.62. The molecule has 1 aliphatic heterocycles. The smallest absolute Gasteiger partial charge is 0.257 e.